The van der Waals surface area contributed by atoms with E-state index in [0.29, 0.717) is 11.9 Å². The Morgan fingerprint density at radius 1 is 1.11 bits per heavy atom. The van der Waals surface area contributed by atoms with E-state index in [1.807, 2.05) is 26.0 Å². The SMILES string of the molecule is CC.Cc1cccc(-c2ccccc2S(C)(NCC2CCN(c3ncc(C(=O)NO)cn3)CC2)P=O)c1. The second kappa shape index (κ2) is 13.6. The van der Waals surface area contributed by atoms with Crippen LogP contribution in [0.25, 0.3) is 11.1 Å². The molecule has 3 N–H and O–H groups in total. The molecule has 1 amide bonds. The van der Waals surface area contributed by atoms with Crippen LogP contribution in [0.5, 0.6) is 0 Å². The molecule has 1 aliphatic heterocycles. The molecule has 1 unspecified atom stereocenters. The van der Waals surface area contributed by atoms with Crippen LogP contribution in [0.1, 0.15) is 42.6 Å². The lowest BCUT2D eigenvalue weighted by Crippen LogP contribution is -2.38. The highest BCUT2D eigenvalue weighted by molar-refractivity contribution is 8.68. The molecule has 198 valence electrons. The number of anilines is 1. The van der Waals surface area contributed by atoms with Crippen molar-refractivity contribution in [2.45, 2.75) is 38.5 Å². The van der Waals surface area contributed by atoms with E-state index < -0.39 is 15.7 Å². The lowest BCUT2D eigenvalue weighted by Gasteiger charge is -2.36. The summed E-state index contributed by atoms with van der Waals surface area (Å²) in [5.74, 6) is 0.394. The van der Waals surface area contributed by atoms with E-state index in [9.17, 15) is 9.36 Å². The average Bonchev–Trinajstić information content (AvgIpc) is 2.97. The van der Waals surface area contributed by atoms with Crippen LogP contribution in [0.3, 0.4) is 0 Å². The maximum Gasteiger partial charge on any atom is 0.277 e. The van der Waals surface area contributed by atoms with Gasteiger partial charge >= 0.3 is 0 Å². The first-order valence-electron chi connectivity index (χ1n) is 12.5. The second-order valence-electron chi connectivity index (χ2n) is 8.81. The maximum atomic E-state index is 12.5. The van der Waals surface area contributed by atoms with Gasteiger partial charge in [-0.3, -0.25) is 19.3 Å². The Balaban J connectivity index is 0.00000186. The fourth-order valence-electron chi connectivity index (χ4n) is 4.29. The molecule has 10 heteroatoms. The molecule has 1 aromatic heterocycles. The van der Waals surface area contributed by atoms with Gasteiger partial charge in [-0.25, -0.2) is 15.4 Å². The van der Waals surface area contributed by atoms with Crippen LogP contribution in [0.4, 0.5) is 5.95 Å². The summed E-state index contributed by atoms with van der Waals surface area (Å²) in [6, 6.07) is 16.7. The molecule has 0 bridgehead atoms. The number of aryl methyl sites for hydroxylation is 1. The summed E-state index contributed by atoms with van der Waals surface area (Å²) in [5.41, 5.74) is 5.25. The third-order valence-corrected chi connectivity index (χ3v) is 10.5. The van der Waals surface area contributed by atoms with Crippen LogP contribution in [-0.2, 0) is 4.57 Å². The average molecular weight is 542 g/mol. The molecule has 1 fully saturated rings. The summed E-state index contributed by atoms with van der Waals surface area (Å²) in [7, 11) is -1.65. The fourth-order valence-corrected chi connectivity index (χ4v) is 7.20. The van der Waals surface area contributed by atoms with E-state index >= 15 is 0 Å². The van der Waals surface area contributed by atoms with Gasteiger partial charge in [0.2, 0.25) is 13.6 Å². The molecule has 1 aliphatic rings. The molecule has 1 saturated heterocycles. The van der Waals surface area contributed by atoms with Crippen molar-refractivity contribution < 1.29 is 14.6 Å². The standard InChI is InChI=1S/C25H30N5O3PS.C2H6/c1-18-6-5-7-20(14-18)22-8-3-4-9-23(22)35(2,34-33)28-15-19-10-12-30(13-11-19)25-26-16-21(17-27-25)24(31)29-32;1-2/h3-9,14,16-17,19,28,32H,10-13,15H2,1-2H3,(H,29,31);1-2H3. The van der Waals surface area contributed by atoms with E-state index in [-0.39, 0.29) is 13.2 Å². The minimum absolute atomic E-state index is 0.110. The van der Waals surface area contributed by atoms with Gasteiger partial charge in [0.1, 0.15) is 0 Å². The molecular weight excluding hydrogens is 505 g/mol. The molecule has 2 aromatic carbocycles. The van der Waals surface area contributed by atoms with Gasteiger partial charge in [-0.15, -0.1) is 0 Å². The number of rotatable bonds is 8. The lowest BCUT2D eigenvalue weighted by atomic mass is 9.97. The van der Waals surface area contributed by atoms with Crippen molar-refractivity contribution in [2.24, 2.45) is 5.92 Å². The summed E-state index contributed by atoms with van der Waals surface area (Å²) in [4.78, 5) is 23.2. The van der Waals surface area contributed by atoms with E-state index in [0.717, 1.165) is 48.5 Å². The first-order valence-corrected chi connectivity index (χ1v) is 15.9. The van der Waals surface area contributed by atoms with Crippen molar-refractivity contribution in [1.29, 1.82) is 0 Å². The molecule has 2 heterocycles. The Hall–Kier alpha value is -2.84. The van der Waals surface area contributed by atoms with Crippen LogP contribution in [0.2, 0.25) is 0 Å². The Kier molecular flexibility index (Phi) is 10.6. The summed E-state index contributed by atoms with van der Waals surface area (Å²) in [5, 5.41) is 8.73. The smallest absolute Gasteiger partial charge is 0.277 e. The Morgan fingerprint density at radius 2 is 1.78 bits per heavy atom. The predicted molar refractivity (Wildman–Crippen MR) is 152 cm³/mol. The fraction of sp³-hybridized carbons (Fsp3) is 0.370. The van der Waals surface area contributed by atoms with E-state index in [4.69, 9.17) is 5.21 Å². The number of nitrogens with zero attached hydrogens (tertiary/aromatic N) is 3. The number of benzene rings is 2. The minimum atomic E-state index is -1.76. The Labute approximate surface area is 222 Å². The normalized spacial score (nSPS) is 16.3. The van der Waals surface area contributed by atoms with Crippen LogP contribution < -0.4 is 15.1 Å². The van der Waals surface area contributed by atoms with Crippen molar-refractivity contribution in [3.8, 4) is 11.1 Å². The molecule has 4 rings (SSSR count). The maximum absolute atomic E-state index is 12.5. The number of hydroxylamine groups is 1. The lowest BCUT2D eigenvalue weighted by molar-refractivity contribution is 0.0705. The molecule has 0 aliphatic carbocycles. The van der Waals surface area contributed by atoms with Gasteiger partial charge in [0.25, 0.3) is 5.91 Å². The second-order valence-corrected chi connectivity index (χ2v) is 14.1. The number of carbonyl (C=O) groups excluding carboxylic acids is 1. The molecule has 0 saturated carbocycles. The largest absolute Gasteiger partial charge is 0.341 e. The zero-order chi connectivity index (χ0) is 26.8. The van der Waals surface area contributed by atoms with Gasteiger partial charge in [-0.05, 0) is 49.1 Å². The minimum Gasteiger partial charge on any atom is -0.341 e. The van der Waals surface area contributed by atoms with Gasteiger partial charge in [0.15, 0.2) is 0 Å². The van der Waals surface area contributed by atoms with Gasteiger partial charge < -0.3 is 4.90 Å². The summed E-state index contributed by atoms with van der Waals surface area (Å²) < 4.78 is 16.2. The topological polar surface area (TPSA) is 107 Å². The number of piperidine rings is 1. The molecule has 1 atom stereocenters. The van der Waals surface area contributed by atoms with E-state index in [1.54, 1.807) is 5.48 Å². The Bertz CT molecular complexity index is 1190. The van der Waals surface area contributed by atoms with Gasteiger partial charge in [-0.1, -0.05) is 71.7 Å². The molecule has 0 radical (unpaired) electrons. The molecular formula is C27H36N5O3PS. The van der Waals surface area contributed by atoms with Crippen molar-refractivity contribution in [3.63, 3.8) is 0 Å². The summed E-state index contributed by atoms with van der Waals surface area (Å²) in [6.45, 7) is 8.48. The summed E-state index contributed by atoms with van der Waals surface area (Å²) >= 11 is 0. The van der Waals surface area contributed by atoms with Crippen LogP contribution in [-0.4, -0.2) is 47.0 Å². The first kappa shape index (κ1) is 28.7. The zero-order valence-electron chi connectivity index (χ0n) is 21.8. The molecule has 3 aromatic rings. The van der Waals surface area contributed by atoms with Crippen molar-refractivity contribution >= 4 is 29.4 Å². The molecule has 37 heavy (non-hydrogen) atoms. The van der Waals surface area contributed by atoms with Crippen molar-refractivity contribution in [1.82, 2.24) is 20.2 Å². The third kappa shape index (κ3) is 7.14. The van der Waals surface area contributed by atoms with Crippen LogP contribution in [0, 0.1) is 12.8 Å². The quantitative estimate of drug-likeness (QED) is 0.182. The van der Waals surface area contributed by atoms with Crippen molar-refractivity contribution in [2.75, 3.05) is 30.8 Å². The monoisotopic (exact) mass is 541 g/mol. The van der Waals surface area contributed by atoms with E-state index in [1.165, 1.54) is 18.0 Å². The number of hydrogen-bond donors (Lipinski definition) is 3. The zero-order valence-corrected chi connectivity index (χ0v) is 23.6. The highest BCUT2D eigenvalue weighted by Crippen LogP contribution is 2.62. The number of hydrogen-bond acceptors (Lipinski definition) is 7. The highest BCUT2D eigenvalue weighted by atomic mass is 32.8. The van der Waals surface area contributed by atoms with Crippen LogP contribution in [0.15, 0.2) is 65.8 Å². The number of amides is 1. The highest BCUT2D eigenvalue weighted by Gasteiger charge is 2.28. The van der Waals surface area contributed by atoms with Gasteiger partial charge in [-0.2, -0.15) is 0 Å². The van der Waals surface area contributed by atoms with Crippen LogP contribution >= 0.6 is 17.5 Å². The third-order valence-electron chi connectivity index (χ3n) is 6.35. The number of nitrogens with one attached hydrogen (secondary N) is 2. The predicted octanol–water partition coefficient (Wildman–Crippen LogP) is 6.02. The summed E-state index contributed by atoms with van der Waals surface area (Å²) in [6.07, 6.45) is 6.81. The first-order chi connectivity index (χ1) is 17.9. The van der Waals surface area contributed by atoms with Gasteiger partial charge in [0.05, 0.1) is 5.56 Å². The number of aromatic nitrogens is 2. The number of carbonyl (C=O) groups is 1. The Morgan fingerprint density at radius 3 is 2.41 bits per heavy atom. The van der Waals surface area contributed by atoms with Gasteiger partial charge in [0, 0.05) is 36.9 Å². The molecule has 0 spiro atoms. The van der Waals surface area contributed by atoms with Crippen molar-refractivity contribution in [3.05, 3.63) is 72.1 Å². The van der Waals surface area contributed by atoms with E-state index in [2.05, 4.69) is 69.2 Å². The molecule has 8 nitrogen and oxygen atoms in total.